The molecule has 1 nitrogen and oxygen atoms in total. The highest BCUT2D eigenvalue weighted by Gasteiger charge is 2.40. The lowest BCUT2D eigenvalue weighted by Crippen LogP contribution is -2.00. The summed E-state index contributed by atoms with van der Waals surface area (Å²) in [5.41, 5.74) is 0.692. The van der Waals surface area contributed by atoms with Crippen molar-refractivity contribution in [2.75, 3.05) is 6.61 Å². The standard InChI is InChI=1S/C9H18O/c1-2-4-9(6-7-9)5-3-8-10/h10H,2-8H2,1H3. The van der Waals surface area contributed by atoms with E-state index in [9.17, 15) is 0 Å². The van der Waals surface area contributed by atoms with Gasteiger partial charge in [-0.15, -0.1) is 0 Å². The topological polar surface area (TPSA) is 20.2 Å². The molecule has 0 spiro atoms. The number of hydrogen-bond donors (Lipinski definition) is 1. The Morgan fingerprint density at radius 3 is 2.40 bits per heavy atom. The van der Waals surface area contributed by atoms with Crippen molar-refractivity contribution in [3.8, 4) is 0 Å². The van der Waals surface area contributed by atoms with E-state index in [0.717, 1.165) is 6.42 Å². The van der Waals surface area contributed by atoms with Crippen LogP contribution in [0.1, 0.15) is 45.4 Å². The minimum Gasteiger partial charge on any atom is -0.396 e. The summed E-state index contributed by atoms with van der Waals surface area (Å²) in [4.78, 5) is 0. The maximum atomic E-state index is 8.63. The van der Waals surface area contributed by atoms with Crippen LogP contribution >= 0.6 is 0 Å². The monoisotopic (exact) mass is 142 g/mol. The van der Waals surface area contributed by atoms with E-state index in [-0.39, 0.29) is 0 Å². The fraction of sp³-hybridized carbons (Fsp3) is 1.00. The SMILES string of the molecule is CCCC1(CCCO)CC1. The van der Waals surface area contributed by atoms with Crippen molar-refractivity contribution in [1.29, 1.82) is 0 Å². The lowest BCUT2D eigenvalue weighted by atomic mass is 9.95. The molecule has 1 heteroatoms. The molecule has 0 heterocycles. The van der Waals surface area contributed by atoms with Gasteiger partial charge in [-0.2, -0.15) is 0 Å². The maximum Gasteiger partial charge on any atom is 0.0431 e. The molecule has 0 aromatic carbocycles. The van der Waals surface area contributed by atoms with Crippen molar-refractivity contribution in [2.45, 2.75) is 45.4 Å². The minimum absolute atomic E-state index is 0.380. The van der Waals surface area contributed by atoms with E-state index < -0.39 is 0 Å². The Balaban J connectivity index is 2.11. The van der Waals surface area contributed by atoms with E-state index >= 15 is 0 Å². The molecule has 0 aliphatic heterocycles. The van der Waals surface area contributed by atoms with Gasteiger partial charge in [0.15, 0.2) is 0 Å². The zero-order valence-corrected chi connectivity index (χ0v) is 6.90. The maximum absolute atomic E-state index is 8.63. The Morgan fingerprint density at radius 1 is 1.30 bits per heavy atom. The van der Waals surface area contributed by atoms with Crippen LogP contribution in [0.2, 0.25) is 0 Å². The van der Waals surface area contributed by atoms with E-state index in [0.29, 0.717) is 12.0 Å². The molecule has 1 aliphatic carbocycles. The molecule has 10 heavy (non-hydrogen) atoms. The van der Waals surface area contributed by atoms with Gasteiger partial charge in [0.25, 0.3) is 0 Å². The van der Waals surface area contributed by atoms with E-state index in [4.69, 9.17) is 5.11 Å². The zero-order valence-electron chi connectivity index (χ0n) is 6.90. The summed E-state index contributed by atoms with van der Waals surface area (Å²) >= 11 is 0. The summed E-state index contributed by atoms with van der Waals surface area (Å²) in [5, 5.41) is 8.63. The first-order valence-corrected chi connectivity index (χ1v) is 4.44. The van der Waals surface area contributed by atoms with Crippen LogP contribution in [-0.2, 0) is 0 Å². The average Bonchev–Trinajstić information content (AvgIpc) is 2.67. The third-order valence-corrected chi connectivity index (χ3v) is 2.60. The molecule has 0 aromatic heterocycles. The Bertz CT molecular complexity index is 94.9. The lowest BCUT2D eigenvalue weighted by Gasteiger charge is -2.11. The molecule has 0 saturated heterocycles. The number of rotatable bonds is 5. The van der Waals surface area contributed by atoms with Gasteiger partial charge in [-0.25, -0.2) is 0 Å². The van der Waals surface area contributed by atoms with Gasteiger partial charge < -0.3 is 5.11 Å². The highest BCUT2D eigenvalue weighted by Crippen LogP contribution is 2.53. The molecule has 1 aliphatic rings. The second-order valence-corrected chi connectivity index (χ2v) is 3.58. The van der Waals surface area contributed by atoms with Crippen LogP contribution in [0.25, 0.3) is 0 Å². The molecule has 1 N–H and O–H groups in total. The highest BCUT2D eigenvalue weighted by molar-refractivity contribution is 4.91. The molecular weight excluding hydrogens is 124 g/mol. The third-order valence-electron chi connectivity index (χ3n) is 2.60. The Labute approximate surface area is 63.4 Å². The summed E-state index contributed by atoms with van der Waals surface area (Å²) in [6.45, 7) is 2.63. The van der Waals surface area contributed by atoms with E-state index in [2.05, 4.69) is 6.92 Å². The second kappa shape index (κ2) is 3.38. The lowest BCUT2D eigenvalue weighted by molar-refractivity contribution is 0.263. The quantitative estimate of drug-likeness (QED) is 0.624. The van der Waals surface area contributed by atoms with Crippen molar-refractivity contribution in [3.63, 3.8) is 0 Å². The molecule has 0 atom stereocenters. The van der Waals surface area contributed by atoms with Crippen LogP contribution in [0.4, 0.5) is 0 Å². The van der Waals surface area contributed by atoms with Crippen molar-refractivity contribution in [1.82, 2.24) is 0 Å². The minimum atomic E-state index is 0.380. The predicted molar refractivity (Wildman–Crippen MR) is 42.9 cm³/mol. The van der Waals surface area contributed by atoms with Crippen molar-refractivity contribution < 1.29 is 5.11 Å². The average molecular weight is 142 g/mol. The van der Waals surface area contributed by atoms with Gasteiger partial charge >= 0.3 is 0 Å². The Hall–Kier alpha value is -0.0400. The third kappa shape index (κ3) is 1.98. The smallest absolute Gasteiger partial charge is 0.0431 e. The van der Waals surface area contributed by atoms with Crippen LogP contribution < -0.4 is 0 Å². The van der Waals surface area contributed by atoms with E-state index in [1.54, 1.807) is 0 Å². The number of aliphatic hydroxyl groups is 1. The molecule has 1 saturated carbocycles. The fourth-order valence-electron chi connectivity index (χ4n) is 1.79. The Morgan fingerprint density at radius 2 is 2.00 bits per heavy atom. The first-order chi connectivity index (χ1) is 4.83. The Kier molecular flexibility index (Phi) is 2.72. The highest BCUT2D eigenvalue weighted by atomic mass is 16.2. The van der Waals surface area contributed by atoms with E-state index in [1.165, 1.54) is 32.1 Å². The molecule has 0 unspecified atom stereocenters. The molecule has 0 radical (unpaired) electrons. The predicted octanol–water partition coefficient (Wildman–Crippen LogP) is 2.34. The normalized spacial score (nSPS) is 21.0. The summed E-state index contributed by atoms with van der Waals surface area (Å²) in [6.07, 6.45) is 7.80. The molecule has 0 aromatic rings. The molecule has 1 rings (SSSR count). The van der Waals surface area contributed by atoms with Crippen LogP contribution in [-0.4, -0.2) is 11.7 Å². The molecule has 60 valence electrons. The van der Waals surface area contributed by atoms with Gasteiger partial charge in [0.05, 0.1) is 0 Å². The largest absolute Gasteiger partial charge is 0.396 e. The first-order valence-electron chi connectivity index (χ1n) is 4.44. The van der Waals surface area contributed by atoms with Gasteiger partial charge in [0, 0.05) is 6.61 Å². The van der Waals surface area contributed by atoms with Gasteiger partial charge in [-0.05, 0) is 37.5 Å². The van der Waals surface area contributed by atoms with Crippen molar-refractivity contribution in [2.24, 2.45) is 5.41 Å². The summed E-state index contributed by atoms with van der Waals surface area (Å²) in [7, 11) is 0. The molecular formula is C9H18O. The first kappa shape index (κ1) is 8.06. The fourth-order valence-corrected chi connectivity index (χ4v) is 1.79. The van der Waals surface area contributed by atoms with Crippen LogP contribution in [0.5, 0.6) is 0 Å². The van der Waals surface area contributed by atoms with Crippen molar-refractivity contribution >= 4 is 0 Å². The van der Waals surface area contributed by atoms with Crippen LogP contribution in [0, 0.1) is 5.41 Å². The van der Waals surface area contributed by atoms with Gasteiger partial charge in [-0.3, -0.25) is 0 Å². The van der Waals surface area contributed by atoms with Gasteiger partial charge in [0.2, 0.25) is 0 Å². The molecule has 0 bridgehead atoms. The molecule has 0 amide bonds. The summed E-state index contributed by atoms with van der Waals surface area (Å²) in [6, 6.07) is 0. The number of aliphatic hydroxyl groups excluding tert-OH is 1. The molecule has 1 fully saturated rings. The number of hydrogen-bond acceptors (Lipinski definition) is 1. The summed E-state index contributed by atoms with van der Waals surface area (Å²) < 4.78 is 0. The van der Waals surface area contributed by atoms with Crippen LogP contribution in [0.3, 0.4) is 0 Å². The van der Waals surface area contributed by atoms with Crippen LogP contribution in [0.15, 0.2) is 0 Å². The van der Waals surface area contributed by atoms with Gasteiger partial charge in [-0.1, -0.05) is 13.3 Å². The van der Waals surface area contributed by atoms with E-state index in [1.807, 2.05) is 0 Å². The van der Waals surface area contributed by atoms with Gasteiger partial charge in [0.1, 0.15) is 0 Å². The zero-order chi connectivity index (χ0) is 7.45. The second-order valence-electron chi connectivity index (χ2n) is 3.58. The summed E-state index contributed by atoms with van der Waals surface area (Å²) in [5.74, 6) is 0. The van der Waals surface area contributed by atoms with Crippen molar-refractivity contribution in [3.05, 3.63) is 0 Å².